The Bertz CT molecular complexity index is 1090. The molecule has 6 nitrogen and oxygen atoms in total. The van der Waals surface area contributed by atoms with Gasteiger partial charge in [0.1, 0.15) is 10.7 Å². The van der Waals surface area contributed by atoms with Crippen molar-refractivity contribution in [2.45, 2.75) is 44.3 Å². The molecule has 1 aromatic heterocycles. The number of aryl methyl sites for hydroxylation is 1. The third-order valence-corrected chi connectivity index (χ3v) is 6.32. The summed E-state index contributed by atoms with van der Waals surface area (Å²) >= 11 is 0. The minimum Gasteiger partial charge on any atom is -0.373 e. The van der Waals surface area contributed by atoms with Crippen LogP contribution in [0, 0.1) is 13.8 Å². The molecule has 0 spiro atoms. The highest BCUT2D eigenvalue weighted by Crippen LogP contribution is 2.34. The van der Waals surface area contributed by atoms with Crippen LogP contribution in [0.15, 0.2) is 57.9 Å². The molecule has 0 amide bonds. The van der Waals surface area contributed by atoms with Crippen molar-refractivity contribution in [2.24, 2.45) is 0 Å². The molecule has 0 radical (unpaired) electrons. The number of rotatable bonds is 7. The van der Waals surface area contributed by atoms with Crippen LogP contribution in [-0.4, -0.2) is 19.7 Å². The van der Waals surface area contributed by atoms with E-state index in [-0.39, 0.29) is 23.4 Å². The normalized spacial score (nSPS) is 14.2. The van der Waals surface area contributed by atoms with E-state index in [9.17, 15) is 8.42 Å². The molecule has 0 unspecified atom stereocenters. The zero-order valence-electron chi connectivity index (χ0n) is 15.8. The van der Waals surface area contributed by atoms with Gasteiger partial charge in [-0.15, -0.1) is 0 Å². The van der Waals surface area contributed by atoms with Crippen molar-refractivity contribution in [3.05, 3.63) is 65.4 Å². The SMILES string of the molecule is Cc1onc(NS(=O)(=O)c2c(COC3CC3)cccc2-c2ccccc2)c1C. The Morgan fingerprint density at radius 1 is 1.11 bits per heavy atom. The summed E-state index contributed by atoms with van der Waals surface area (Å²) < 4.78 is 40.3. The highest BCUT2D eigenvalue weighted by atomic mass is 32.2. The van der Waals surface area contributed by atoms with Crippen LogP contribution >= 0.6 is 0 Å². The highest BCUT2D eigenvalue weighted by molar-refractivity contribution is 7.93. The summed E-state index contributed by atoms with van der Waals surface area (Å²) in [7, 11) is -3.91. The summed E-state index contributed by atoms with van der Waals surface area (Å²) in [5.74, 6) is 0.778. The lowest BCUT2D eigenvalue weighted by atomic mass is 10.0. The molecular formula is C21H22N2O4S. The minimum atomic E-state index is -3.91. The first-order chi connectivity index (χ1) is 13.5. The topological polar surface area (TPSA) is 81.4 Å². The average Bonchev–Trinajstić information content (AvgIpc) is 3.48. The van der Waals surface area contributed by atoms with Gasteiger partial charge < -0.3 is 9.26 Å². The van der Waals surface area contributed by atoms with Gasteiger partial charge in [-0.2, -0.15) is 0 Å². The fourth-order valence-corrected chi connectivity index (χ4v) is 4.49. The molecular weight excluding hydrogens is 376 g/mol. The van der Waals surface area contributed by atoms with Gasteiger partial charge in [0.05, 0.1) is 12.7 Å². The third-order valence-electron chi connectivity index (χ3n) is 4.84. The van der Waals surface area contributed by atoms with Crippen LogP contribution in [0.5, 0.6) is 0 Å². The van der Waals surface area contributed by atoms with Crippen LogP contribution in [0.3, 0.4) is 0 Å². The summed E-state index contributed by atoms with van der Waals surface area (Å²) in [6.45, 7) is 3.76. The van der Waals surface area contributed by atoms with E-state index in [4.69, 9.17) is 9.26 Å². The number of hydrogen-bond donors (Lipinski definition) is 1. The number of benzene rings is 2. The van der Waals surface area contributed by atoms with Crippen molar-refractivity contribution in [3.8, 4) is 11.1 Å². The Kier molecular flexibility index (Phi) is 4.95. The smallest absolute Gasteiger partial charge is 0.264 e. The summed E-state index contributed by atoms with van der Waals surface area (Å²) in [5, 5.41) is 3.85. The molecule has 0 aliphatic heterocycles. The molecule has 7 heteroatoms. The molecule has 0 atom stereocenters. The van der Waals surface area contributed by atoms with E-state index in [0.717, 1.165) is 18.4 Å². The fourth-order valence-electron chi connectivity index (χ4n) is 2.99. The number of anilines is 1. The lowest BCUT2D eigenvalue weighted by Gasteiger charge is -2.16. The zero-order valence-corrected chi connectivity index (χ0v) is 16.6. The predicted molar refractivity (Wildman–Crippen MR) is 106 cm³/mol. The maximum atomic E-state index is 13.4. The maximum Gasteiger partial charge on any atom is 0.264 e. The molecule has 1 saturated carbocycles. The molecule has 146 valence electrons. The van der Waals surface area contributed by atoms with Gasteiger partial charge in [0, 0.05) is 11.1 Å². The molecule has 1 N–H and O–H groups in total. The van der Waals surface area contributed by atoms with E-state index < -0.39 is 10.0 Å². The fraction of sp³-hybridized carbons (Fsp3) is 0.286. The molecule has 1 aliphatic carbocycles. The van der Waals surface area contributed by atoms with Gasteiger partial charge in [-0.3, -0.25) is 4.72 Å². The zero-order chi connectivity index (χ0) is 19.7. The van der Waals surface area contributed by atoms with E-state index >= 15 is 0 Å². The maximum absolute atomic E-state index is 13.4. The lowest BCUT2D eigenvalue weighted by molar-refractivity contribution is 0.104. The quantitative estimate of drug-likeness (QED) is 0.636. The molecule has 4 rings (SSSR count). The summed E-state index contributed by atoms with van der Waals surface area (Å²) in [6.07, 6.45) is 2.27. The Morgan fingerprint density at radius 2 is 1.86 bits per heavy atom. The number of hydrogen-bond acceptors (Lipinski definition) is 5. The van der Waals surface area contributed by atoms with Gasteiger partial charge in [-0.1, -0.05) is 53.7 Å². The minimum absolute atomic E-state index is 0.203. The van der Waals surface area contributed by atoms with Gasteiger partial charge in [0.15, 0.2) is 5.82 Å². The summed E-state index contributed by atoms with van der Waals surface area (Å²) in [6, 6.07) is 14.9. The monoisotopic (exact) mass is 398 g/mol. The number of aromatic nitrogens is 1. The second-order valence-electron chi connectivity index (χ2n) is 6.99. The Labute approximate surface area is 164 Å². The van der Waals surface area contributed by atoms with E-state index in [1.807, 2.05) is 42.5 Å². The van der Waals surface area contributed by atoms with E-state index in [1.165, 1.54) is 0 Å². The van der Waals surface area contributed by atoms with Crippen molar-refractivity contribution < 1.29 is 17.7 Å². The van der Waals surface area contributed by atoms with Crippen LogP contribution in [0.1, 0.15) is 29.7 Å². The number of sulfonamides is 1. The second kappa shape index (κ2) is 7.41. The summed E-state index contributed by atoms with van der Waals surface area (Å²) in [4.78, 5) is 0.210. The first-order valence-corrected chi connectivity index (χ1v) is 10.7. The number of nitrogens with zero attached hydrogens (tertiary/aromatic N) is 1. The molecule has 3 aromatic rings. The molecule has 1 fully saturated rings. The average molecular weight is 398 g/mol. The standard InChI is InChI=1S/C21H22N2O4S/c1-14-15(2)27-22-21(14)23-28(24,25)20-17(13-26-18-11-12-18)9-6-10-19(20)16-7-4-3-5-8-16/h3-10,18H,11-13H2,1-2H3,(H,22,23). The largest absolute Gasteiger partial charge is 0.373 e. The Balaban J connectivity index is 1.80. The van der Waals surface area contributed by atoms with Crippen LogP contribution in [-0.2, 0) is 21.4 Å². The van der Waals surface area contributed by atoms with E-state index in [0.29, 0.717) is 22.5 Å². The molecule has 1 heterocycles. The van der Waals surface area contributed by atoms with Crippen molar-refractivity contribution in [2.75, 3.05) is 4.72 Å². The molecule has 2 aromatic carbocycles. The van der Waals surface area contributed by atoms with Crippen LogP contribution in [0.4, 0.5) is 5.82 Å². The first kappa shape index (κ1) is 18.7. The molecule has 1 aliphatic rings. The second-order valence-corrected chi connectivity index (χ2v) is 8.61. The van der Waals surface area contributed by atoms with Crippen LogP contribution < -0.4 is 4.72 Å². The van der Waals surface area contributed by atoms with E-state index in [1.54, 1.807) is 19.9 Å². The molecule has 28 heavy (non-hydrogen) atoms. The van der Waals surface area contributed by atoms with E-state index in [2.05, 4.69) is 9.88 Å². The number of ether oxygens (including phenoxy) is 1. The van der Waals surface area contributed by atoms with Crippen molar-refractivity contribution in [3.63, 3.8) is 0 Å². The van der Waals surface area contributed by atoms with Gasteiger partial charge in [-0.05, 0) is 37.8 Å². The Hall–Kier alpha value is -2.64. The lowest BCUT2D eigenvalue weighted by Crippen LogP contribution is -2.17. The first-order valence-electron chi connectivity index (χ1n) is 9.20. The van der Waals surface area contributed by atoms with Crippen molar-refractivity contribution in [1.82, 2.24) is 5.16 Å². The predicted octanol–water partition coefficient (Wildman–Crippen LogP) is 4.44. The van der Waals surface area contributed by atoms with Crippen LogP contribution in [0.2, 0.25) is 0 Å². The highest BCUT2D eigenvalue weighted by Gasteiger charge is 2.28. The van der Waals surface area contributed by atoms with Gasteiger partial charge >= 0.3 is 0 Å². The van der Waals surface area contributed by atoms with Crippen molar-refractivity contribution >= 4 is 15.8 Å². The van der Waals surface area contributed by atoms with Crippen LogP contribution in [0.25, 0.3) is 11.1 Å². The van der Waals surface area contributed by atoms with Gasteiger partial charge in [0.25, 0.3) is 10.0 Å². The summed E-state index contributed by atoms with van der Waals surface area (Å²) in [5.41, 5.74) is 2.74. The molecule has 0 bridgehead atoms. The molecule has 0 saturated heterocycles. The Morgan fingerprint density at radius 3 is 2.50 bits per heavy atom. The number of nitrogens with one attached hydrogen (secondary N) is 1. The van der Waals surface area contributed by atoms with Gasteiger partial charge in [-0.25, -0.2) is 8.42 Å². The third kappa shape index (κ3) is 3.81. The van der Waals surface area contributed by atoms with Crippen molar-refractivity contribution in [1.29, 1.82) is 0 Å². The van der Waals surface area contributed by atoms with Gasteiger partial charge in [0.2, 0.25) is 0 Å².